The monoisotopic (exact) mass is 353 g/mol. The van der Waals surface area contributed by atoms with Crippen LogP contribution in [-0.4, -0.2) is 19.3 Å². The molecule has 1 aromatic carbocycles. The highest BCUT2D eigenvalue weighted by Crippen LogP contribution is 2.33. The molecule has 0 bridgehead atoms. The van der Waals surface area contributed by atoms with Crippen LogP contribution in [0.15, 0.2) is 22.7 Å². The van der Waals surface area contributed by atoms with Crippen LogP contribution in [0.1, 0.15) is 38.3 Å². The quantitative estimate of drug-likeness (QED) is 0.757. The molecule has 0 radical (unpaired) electrons. The zero-order chi connectivity index (χ0) is 15.2. The molecule has 0 spiro atoms. The highest BCUT2D eigenvalue weighted by molar-refractivity contribution is 9.10. The molecule has 1 aromatic rings. The van der Waals surface area contributed by atoms with Crippen molar-refractivity contribution in [1.82, 2.24) is 5.32 Å². The van der Waals surface area contributed by atoms with E-state index in [9.17, 15) is 13.2 Å². The molecule has 1 N–H and O–H groups in total. The Labute approximate surface area is 125 Å². The summed E-state index contributed by atoms with van der Waals surface area (Å²) in [5.74, 6) is 0.651. The Hall–Kier alpha value is -0.750. The van der Waals surface area contributed by atoms with Crippen LogP contribution < -0.4 is 10.1 Å². The number of ether oxygens (including phenoxy) is 1. The molecule has 0 heterocycles. The van der Waals surface area contributed by atoms with Gasteiger partial charge < -0.3 is 10.1 Å². The number of rotatable bonds is 7. The number of nitrogens with one attached hydrogen (secondary N) is 1. The van der Waals surface area contributed by atoms with Crippen molar-refractivity contribution in [1.29, 1.82) is 0 Å². The summed E-state index contributed by atoms with van der Waals surface area (Å²) in [4.78, 5) is 0. The number of alkyl halides is 3. The Kier molecular flexibility index (Phi) is 6.82. The minimum absolute atomic E-state index is 0.479. The smallest absolute Gasteiger partial charge is 0.390 e. The zero-order valence-electron chi connectivity index (χ0n) is 11.6. The Balaban J connectivity index is 2.89. The summed E-state index contributed by atoms with van der Waals surface area (Å²) in [7, 11) is 0. The summed E-state index contributed by atoms with van der Waals surface area (Å²) < 4.78 is 43.9. The van der Waals surface area contributed by atoms with Crippen LogP contribution in [0.3, 0.4) is 0 Å². The molecular weight excluding hydrogens is 335 g/mol. The maximum Gasteiger partial charge on any atom is 0.390 e. The van der Waals surface area contributed by atoms with E-state index in [0.717, 1.165) is 6.42 Å². The summed E-state index contributed by atoms with van der Waals surface area (Å²) in [6.07, 6.45) is -4.21. The van der Waals surface area contributed by atoms with Gasteiger partial charge in [-0.05, 0) is 46.6 Å². The fourth-order valence-electron chi connectivity index (χ4n) is 1.85. The van der Waals surface area contributed by atoms with Crippen molar-refractivity contribution in [3.8, 4) is 5.75 Å². The van der Waals surface area contributed by atoms with Crippen molar-refractivity contribution >= 4 is 15.9 Å². The Bertz CT molecular complexity index is 423. The first kappa shape index (κ1) is 17.3. The predicted octanol–water partition coefficient (Wildman–Crippen LogP) is 4.84. The Morgan fingerprint density at radius 2 is 2.00 bits per heavy atom. The summed E-state index contributed by atoms with van der Waals surface area (Å²) >= 11 is 3.34. The van der Waals surface area contributed by atoms with E-state index in [1.54, 1.807) is 25.1 Å². The molecular formula is C14H19BrF3NO. The number of hydrogen-bond donors (Lipinski definition) is 1. The summed E-state index contributed by atoms with van der Waals surface area (Å²) in [5, 5.41) is 2.86. The van der Waals surface area contributed by atoms with Gasteiger partial charge >= 0.3 is 6.18 Å². The van der Waals surface area contributed by atoms with Crippen LogP contribution in [0.5, 0.6) is 5.75 Å². The molecule has 2 nitrogen and oxygen atoms in total. The number of halogens is 4. The second-order valence-corrected chi connectivity index (χ2v) is 5.32. The van der Waals surface area contributed by atoms with E-state index >= 15 is 0 Å². The molecule has 1 rings (SSSR count). The largest absolute Gasteiger partial charge is 0.492 e. The van der Waals surface area contributed by atoms with Crippen molar-refractivity contribution in [3.63, 3.8) is 0 Å². The molecule has 0 aliphatic carbocycles. The van der Waals surface area contributed by atoms with Crippen LogP contribution in [0.4, 0.5) is 13.2 Å². The molecule has 0 aromatic heterocycles. The summed E-state index contributed by atoms with van der Waals surface area (Å²) in [6.45, 7) is 4.84. The van der Waals surface area contributed by atoms with Gasteiger partial charge in [0, 0.05) is 6.04 Å². The lowest BCUT2D eigenvalue weighted by molar-refractivity contribution is -0.140. The van der Waals surface area contributed by atoms with Gasteiger partial charge in [-0.1, -0.05) is 19.9 Å². The van der Waals surface area contributed by atoms with E-state index in [2.05, 4.69) is 21.2 Å². The second-order valence-electron chi connectivity index (χ2n) is 4.47. The topological polar surface area (TPSA) is 21.3 Å². The third-order valence-electron chi connectivity index (χ3n) is 2.71. The van der Waals surface area contributed by atoms with Crippen LogP contribution in [0.2, 0.25) is 0 Å². The van der Waals surface area contributed by atoms with Gasteiger partial charge in [0.1, 0.15) is 5.75 Å². The van der Waals surface area contributed by atoms with Gasteiger partial charge in [-0.25, -0.2) is 0 Å². The molecule has 20 heavy (non-hydrogen) atoms. The number of benzene rings is 1. The maximum absolute atomic E-state index is 12.6. The van der Waals surface area contributed by atoms with E-state index in [1.807, 2.05) is 6.92 Å². The van der Waals surface area contributed by atoms with Gasteiger partial charge in [-0.3, -0.25) is 0 Å². The average Bonchev–Trinajstić information content (AvgIpc) is 2.35. The molecule has 0 aliphatic rings. The molecule has 1 unspecified atom stereocenters. The summed E-state index contributed by atoms with van der Waals surface area (Å²) in [5.41, 5.74) is 0.597. The first-order valence-corrected chi connectivity index (χ1v) is 7.39. The molecule has 6 heteroatoms. The van der Waals surface area contributed by atoms with Crippen molar-refractivity contribution in [3.05, 3.63) is 28.2 Å². The molecule has 0 amide bonds. The predicted molar refractivity (Wildman–Crippen MR) is 77.0 cm³/mol. The van der Waals surface area contributed by atoms with Crippen molar-refractivity contribution in [2.75, 3.05) is 13.2 Å². The van der Waals surface area contributed by atoms with Gasteiger partial charge in [0.15, 0.2) is 0 Å². The minimum atomic E-state index is -4.20. The molecule has 0 aliphatic heterocycles. The molecule has 0 saturated heterocycles. The minimum Gasteiger partial charge on any atom is -0.492 e. The first-order valence-electron chi connectivity index (χ1n) is 6.59. The molecule has 1 atom stereocenters. The highest BCUT2D eigenvalue weighted by Gasteiger charge is 2.32. The molecule has 0 fully saturated rings. The third kappa shape index (κ3) is 5.71. The fraction of sp³-hybridized carbons (Fsp3) is 0.571. The van der Waals surface area contributed by atoms with Gasteiger partial charge in [-0.2, -0.15) is 13.2 Å². The lowest BCUT2D eigenvalue weighted by Gasteiger charge is -2.21. The number of hydrogen-bond acceptors (Lipinski definition) is 2. The van der Waals surface area contributed by atoms with E-state index in [0.29, 0.717) is 28.9 Å². The Morgan fingerprint density at radius 3 is 2.50 bits per heavy atom. The van der Waals surface area contributed by atoms with Gasteiger partial charge in [-0.15, -0.1) is 0 Å². The van der Waals surface area contributed by atoms with Crippen LogP contribution in [-0.2, 0) is 0 Å². The highest BCUT2D eigenvalue weighted by atomic mass is 79.9. The van der Waals surface area contributed by atoms with Crippen molar-refractivity contribution < 1.29 is 17.9 Å². The zero-order valence-corrected chi connectivity index (χ0v) is 13.1. The van der Waals surface area contributed by atoms with Crippen molar-refractivity contribution in [2.24, 2.45) is 0 Å². The SMILES string of the molecule is CCCOc1ccc(C(CC(F)(F)F)NCC)cc1Br. The normalized spacial score (nSPS) is 13.3. The lowest BCUT2D eigenvalue weighted by Crippen LogP contribution is -2.26. The summed E-state index contributed by atoms with van der Waals surface area (Å²) in [6, 6.07) is 4.32. The molecule has 0 saturated carbocycles. The fourth-order valence-corrected chi connectivity index (χ4v) is 2.36. The van der Waals surface area contributed by atoms with E-state index in [-0.39, 0.29) is 0 Å². The Morgan fingerprint density at radius 1 is 1.30 bits per heavy atom. The van der Waals surface area contributed by atoms with Crippen LogP contribution >= 0.6 is 15.9 Å². The van der Waals surface area contributed by atoms with Gasteiger partial charge in [0.05, 0.1) is 17.5 Å². The first-order chi connectivity index (χ1) is 9.37. The molecule has 114 valence electrons. The maximum atomic E-state index is 12.6. The second kappa shape index (κ2) is 7.88. The third-order valence-corrected chi connectivity index (χ3v) is 3.33. The van der Waals surface area contributed by atoms with Gasteiger partial charge in [0.25, 0.3) is 0 Å². The lowest BCUT2D eigenvalue weighted by atomic mass is 10.0. The van der Waals surface area contributed by atoms with Crippen LogP contribution in [0, 0.1) is 0 Å². The van der Waals surface area contributed by atoms with Crippen LogP contribution in [0.25, 0.3) is 0 Å². The van der Waals surface area contributed by atoms with E-state index in [1.165, 1.54) is 0 Å². The standard InChI is InChI=1S/C14H19BrF3NO/c1-3-7-20-13-6-5-10(8-11(13)15)12(19-4-2)9-14(16,17)18/h5-6,8,12,19H,3-4,7,9H2,1-2H3. The van der Waals surface area contributed by atoms with E-state index in [4.69, 9.17) is 4.74 Å². The van der Waals surface area contributed by atoms with Gasteiger partial charge in [0.2, 0.25) is 0 Å². The van der Waals surface area contributed by atoms with Crippen molar-refractivity contribution in [2.45, 2.75) is 38.9 Å². The van der Waals surface area contributed by atoms with E-state index < -0.39 is 18.6 Å². The average molecular weight is 354 g/mol.